The molecule has 0 N–H and O–H groups in total. The van der Waals surface area contributed by atoms with Gasteiger partial charge in [0.05, 0.1) is 0 Å². The summed E-state index contributed by atoms with van der Waals surface area (Å²) in [5, 5.41) is 0. The van der Waals surface area contributed by atoms with Crippen molar-refractivity contribution in [1.29, 1.82) is 0 Å². The zero-order valence-electron chi connectivity index (χ0n) is 14.2. The molecule has 19 heavy (non-hydrogen) atoms. The van der Waals surface area contributed by atoms with E-state index in [0.717, 1.165) is 23.7 Å². The molecule has 0 heteroatoms. The minimum atomic E-state index is 0.428. The smallest absolute Gasteiger partial charge is 0.0182 e. The van der Waals surface area contributed by atoms with Gasteiger partial charge >= 0.3 is 0 Å². The first-order chi connectivity index (χ1) is 8.84. The second kappa shape index (κ2) is 7.50. The predicted octanol–water partition coefficient (Wildman–Crippen LogP) is 6.47. The van der Waals surface area contributed by atoms with Gasteiger partial charge in [0.2, 0.25) is 0 Å². The zero-order chi connectivity index (χ0) is 14.5. The van der Waals surface area contributed by atoms with Crippen molar-refractivity contribution in [1.82, 2.24) is 0 Å². The first kappa shape index (κ1) is 16.8. The molecule has 0 bridgehead atoms. The second-order valence-electron chi connectivity index (χ2n) is 8.06. The summed E-state index contributed by atoms with van der Waals surface area (Å²) in [5.41, 5.74) is 0.428. The van der Waals surface area contributed by atoms with E-state index in [1.807, 2.05) is 0 Å². The van der Waals surface area contributed by atoms with Crippen molar-refractivity contribution in [3.05, 3.63) is 12.2 Å². The van der Waals surface area contributed by atoms with Crippen molar-refractivity contribution in [3.63, 3.8) is 0 Å². The third kappa shape index (κ3) is 5.71. The summed E-state index contributed by atoms with van der Waals surface area (Å²) in [4.78, 5) is 0. The van der Waals surface area contributed by atoms with Crippen molar-refractivity contribution in [2.24, 2.45) is 29.1 Å². The van der Waals surface area contributed by atoms with Crippen molar-refractivity contribution >= 4 is 0 Å². The van der Waals surface area contributed by atoms with E-state index in [2.05, 4.69) is 53.7 Å². The van der Waals surface area contributed by atoms with E-state index < -0.39 is 0 Å². The molecular formula is C19H36. The third-order valence-corrected chi connectivity index (χ3v) is 5.23. The zero-order valence-corrected chi connectivity index (χ0v) is 14.2. The molecule has 1 aliphatic rings. The molecule has 0 aromatic carbocycles. The average Bonchev–Trinajstić information content (AvgIpc) is 2.54. The van der Waals surface area contributed by atoms with Crippen LogP contribution >= 0.6 is 0 Å². The maximum atomic E-state index is 2.50. The van der Waals surface area contributed by atoms with Gasteiger partial charge in [0, 0.05) is 0 Å². The Morgan fingerprint density at radius 3 is 2.42 bits per heavy atom. The second-order valence-corrected chi connectivity index (χ2v) is 8.06. The number of hydrogen-bond acceptors (Lipinski definition) is 0. The summed E-state index contributed by atoms with van der Waals surface area (Å²) in [6.07, 6.45) is 13.2. The standard InChI is InChI=1S/C19H36/c1-7-10-15(2)16(3)13-17-11-8-9-12-18(14-17)19(4,5)6/h9,12,15-18H,7-8,10-11,13-14H2,1-6H3. The van der Waals surface area contributed by atoms with Gasteiger partial charge in [0.15, 0.2) is 0 Å². The van der Waals surface area contributed by atoms with Gasteiger partial charge in [-0.3, -0.25) is 0 Å². The van der Waals surface area contributed by atoms with Crippen molar-refractivity contribution in [2.45, 2.75) is 80.1 Å². The lowest BCUT2D eigenvalue weighted by molar-refractivity contribution is 0.207. The highest BCUT2D eigenvalue weighted by molar-refractivity contribution is 4.98. The van der Waals surface area contributed by atoms with Gasteiger partial charge in [-0.2, -0.15) is 0 Å². The molecule has 0 saturated heterocycles. The summed E-state index contributed by atoms with van der Waals surface area (Å²) in [6, 6.07) is 0. The van der Waals surface area contributed by atoms with Gasteiger partial charge in [-0.25, -0.2) is 0 Å². The highest BCUT2D eigenvalue weighted by Crippen LogP contribution is 2.38. The van der Waals surface area contributed by atoms with E-state index in [1.54, 1.807) is 0 Å². The Morgan fingerprint density at radius 2 is 1.84 bits per heavy atom. The number of allylic oxidation sites excluding steroid dienone is 2. The van der Waals surface area contributed by atoms with Crippen LogP contribution in [0.25, 0.3) is 0 Å². The largest absolute Gasteiger partial charge is 0.0882 e. The molecule has 0 amide bonds. The van der Waals surface area contributed by atoms with Gasteiger partial charge in [0.25, 0.3) is 0 Å². The lowest BCUT2D eigenvalue weighted by Crippen LogP contribution is -2.22. The van der Waals surface area contributed by atoms with E-state index in [0.29, 0.717) is 5.41 Å². The van der Waals surface area contributed by atoms with Crippen LogP contribution in [-0.2, 0) is 0 Å². The maximum Gasteiger partial charge on any atom is -0.0182 e. The summed E-state index contributed by atoms with van der Waals surface area (Å²) >= 11 is 0. The van der Waals surface area contributed by atoms with E-state index in [1.165, 1.54) is 38.5 Å². The lowest BCUT2D eigenvalue weighted by Gasteiger charge is -2.32. The molecule has 1 aliphatic carbocycles. The SMILES string of the molecule is CCCC(C)C(C)CC1CCC=CC(C(C)(C)C)C1. The molecule has 1 rings (SSSR count). The van der Waals surface area contributed by atoms with Gasteiger partial charge in [-0.05, 0) is 54.8 Å². The molecule has 0 heterocycles. The van der Waals surface area contributed by atoms with E-state index in [-0.39, 0.29) is 0 Å². The molecule has 0 fully saturated rings. The van der Waals surface area contributed by atoms with Crippen LogP contribution in [0, 0.1) is 29.1 Å². The predicted molar refractivity (Wildman–Crippen MR) is 87.3 cm³/mol. The summed E-state index contributed by atoms with van der Waals surface area (Å²) in [6.45, 7) is 14.4. The highest BCUT2D eigenvalue weighted by atomic mass is 14.3. The Bertz CT molecular complexity index is 268. The Balaban J connectivity index is 2.54. The van der Waals surface area contributed by atoms with Gasteiger partial charge in [-0.1, -0.05) is 66.5 Å². The molecule has 0 aromatic heterocycles. The summed E-state index contributed by atoms with van der Waals surface area (Å²) < 4.78 is 0. The van der Waals surface area contributed by atoms with Crippen LogP contribution in [-0.4, -0.2) is 0 Å². The molecule has 0 spiro atoms. The van der Waals surface area contributed by atoms with Crippen LogP contribution in [0.15, 0.2) is 12.2 Å². The average molecular weight is 264 g/mol. The Morgan fingerprint density at radius 1 is 1.16 bits per heavy atom. The lowest BCUT2D eigenvalue weighted by atomic mass is 9.73. The fourth-order valence-corrected chi connectivity index (χ4v) is 3.50. The topological polar surface area (TPSA) is 0 Å². The molecule has 0 radical (unpaired) electrons. The molecule has 0 saturated carbocycles. The Labute approximate surface area is 122 Å². The highest BCUT2D eigenvalue weighted by Gasteiger charge is 2.28. The van der Waals surface area contributed by atoms with E-state index in [4.69, 9.17) is 0 Å². The Hall–Kier alpha value is -0.260. The molecule has 112 valence electrons. The fraction of sp³-hybridized carbons (Fsp3) is 0.895. The third-order valence-electron chi connectivity index (χ3n) is 5.23. The van der Waals surface area contributed by atoms with Crippen LogP contribution < -0.4 is 0 Å². The van der Waals surface area contributed by atoms with Crippen LogP contribution in [0.3, 0.4) is 0 Å². The van der Waals surface area contributed by atoms with Gasteiger partial charge in [0.1, 0.15) is 0 Å². The summed E-state index contributed by atoms with van der Waals surface area (Å²) in [5.74, 6) is 3.50. The molecule has 0 nitrogen and oxygen atoms in total. The molecular weight excluding hydrogens is 228 g/mol. The van der Waals surface area contributed by atoms with Crippen molar-refractivity contribution in [3.8, 4) is 0 Å². The van der Waals surface area contributed by atoms with Crippen LogP contribution in [0.5, 0.6) is 0 Å². The first-order valence-corrected chi connectivity index (χ1v) is 8.51. The quantitative estimate of drug-likeness (QED) is 0.499. The van der Waals surface area contributed by atoms with Gasteiger partial charge < -0.3 is 0 Å². The maximum absolute atomic E-state index is 2.50. The molecule has 4 atom stereocenters. The van der Waals surface area contributed by atoms with E-state index in [9.17, 15) is 0 Å². The minimum Gasteiger partial charge on any atom is -0.0882 e. The monoisotopic (exact) mass is 264 g/mol. The fourth-order valence-electron chi connectivity index (χ4n) is 3.50. The summed E-state index contributed by atoms with van der Waals surface area (Å²) in [7, 11) is 0. The normalized spacial score (nSPS) is 27.9. The Kier molecular flexibility index (Phi) is 6.63. The van der Waals surface area contributed by atoms with Crippen molar-refractivity contribution in [2.75, 3.05) is 0 Å². The van der Waals surface area contributed by atoms with Gasteiger partial charge in [-0.15, -0.1) is 0 Å². The van der Waals surface area contributed by atoms with Crippen LogP contribution in [0.4, 0.5) is 0 Å². The minimum absolute atomic E-state index is 0.428. The molecule has 0 aromatic rings. The number of rotatable bonds is 5. The molecule has 4 unspecified atom stereocenters. The van der Waals surface area contributed by atoms with Crippen LogP contribution in [0.1, 0.15) is 80.1 Å². The number of hydrogen-bond donors (Lipinski definition) is 0. The van der Waals surface area contributed by atoms with Crippen molar-refractivity contribution < 1.29 is 0 Å². The van der Waals surface area contributed by atoms with E-state index >= 15 is 0 Å². The molecule has 0 aliphatic heterocycles. The first-order valence-electron chi connectivity index (χ1n) is 8.51. The van der Waals surface area contributed by atoms with Crippen LogP contribution in [0.2, 0.25) is 0 Å².